The van der Waals surface area contributed by atoms with Crippen LogP contribution >= 0.6 is 22.9 Å². The van der Waals surface area contributed by atoms with E-state index in [2.05, 4.69) is 35.2 Å². The molecule has 1 aliphatic heterocycles. The third kappa shape index (κ3) is 9.33. The molecule has 3 amide bonds. The minimum atomic E-state index is -1.67. The summed E-state index contributed by atoms with van der Waals surface area (Å²) in [5.41, 5.74) is 2.14. The molecule has 4 fully saturated rings. The van der Waals surface area contributed by atoms with Gasteiger partial charge in [0.25, 0.3) is 0 Å². The van der Waals surface area contributed by atoms with Crippen LogP contribution in [0.4, 0.5) is 9.93 Å². The standard InChI is InChI=1S/C44H56ClN7O8S/c1-10-24-19-44(24,39(55)56)50-37(53)31-16-27(21-52(31)38(54)36(42(4,5)6)49-41(57)60-26-15-25-18-43(25,7)20-26)59-33-17-29(30-22-61-40(48-30)46-23(2)3)47-35-28(33)11-12-32(34(35)45)58-14-13-51(8)9/h11-12,17,22-23,25-27,31,36H,1,13-16,18-21H2,2-9H3,(H,46,48)(H,49,57)(H,50,53)(H,55,56)/t25-,26-,27-,31+,36-,43-,44?/m1/s1. The number of nitrogens with zero attached hydrogens (tertiary/aromatic N) is 4. The van der Waals surface area contributed by atoms with E-state index in [0.717, 1.165) is 19.3 Å². The van der Waals surface area contributed by atoms with Gasteiger partial charge in [0.15, 0.2) is 10.7 Å². The molecule has 3 heterocycles. The summed E-state index contributed by atoms with van der Waals surface area (Å²) in [6.45, 7) is 16.3. The molecule has 4 aliphatic rings. The van der Waals surface area contributed by atoms with Crippen LogP contribution in [0.1, 0.15) is 73.6 Å². The Hall–Kier alpha value is -4.89. The molecule has 328 valence electrons. The first-order chi connectivity index (χ1) is 28.7. The van der Waals surface area contributed by atoms with Gasteiger partial charge in [-0.05, 0) is 76.1 Å². The molecule has 3 saturated carbocycles. The number of benzene rings is 1. The summed E-state index contributed by atoms with van der Waals surface area (Å²) in [5.74, 6) is -1.11. The van der Waals surface area contributed by atoms with E-state index in [4.69, 9.17) is 35.8 Å². The zero-order valence-electron chi connectivity index (χ0n) is 36.0. The van der Waals surface area contributed by atoms with Gasteiger partial charge in [-0.25, -0.2) is 19.6 Å². The van der Waals surface area contributed by atoms with E-state index in [1.807, 2.05) is 59.0 Å². The Labute approximate surface area is 365 Å². The molecule has 1 saturated heterocycles. The van der Waals surface area contributed by atoms with Crippen LogP contribution in [0, 0.1) is 16.7 Å². The summed E-state index contributed by atoms with van der Waals surface area (Å²) in [6.07, 6.45) is 1.02. The van der Waals surface area contributed by atoms with Crippen molar-refractivity contribution in [1.82, 2.24) is 30.4 Å². The van der Waals surface area contributed by atoms with Gasteiger partial charge in [0.2, 0.25) is 11.8 Å². The van der Waals surface area contributed by atoms with Gasteiger partial charge < -0.3 is 45.1 Å². The van der Waals surface area contributed by atoms with E-state index >= 15 is 0 Å². The van der Waals surface area contributed by atoms with Gasteiger partial charge >= 0.3 is 12.1 Å². The summed E-state index contributed by atoms with van der Waals surface area (Å²) in [7, 11) is 3.90. The van der Waals surface area contributed by atoms with Crippen molar-refractivity contribution in [3.8, 4) is 22.9 Å². The molecule has 0 radical (unpaired) electrons. The smallest absolute Gasteiger partial charge is 0.408 e. The van der Waals surface area contributed by atoms with Crippen molar-refractivity contribution in [2.75, 3.05) is 39.1 Å². The highest BCUT2D eigenvalue weighted by atomic mass is 35.5. The van der Waals surface area contributed by atoms with Crippen molar-refractivity contribution in [2.45, 2.75) is 110 Å². The van der Waals surface area contributed by atoms with Crippen LogP contribution in [0.2, 0.25) is 5.02 Å². The van der Waals surface area contributed by atoms with Gasteiger partial charge in [0, 0.05) is 47.8 Å². The number of carboxylic acid groups (broad SMARTS) is 1. The Morgan fingerprint density at radius 3 is 2.49 bits per heavy atom. The number of hydrogen-bond donors (Lipinski definition) is 4. The van der Waals surface area contributed by atoms with Crippen molar-refractivity contribution in [3.05, 3.63) is 46.5 Å². The molecule has 2 aromatic heterocycles. The predicted octanol–water partition coefficient (Wildman–Crippen LogP) is 6.50. The van der Waals surface area contributed by atoms with Gasteiger partial charge in [-0.1, -0.05) is 45.9 Å². The second-order valence-corrected chi connectivity index (χ2v) is 20.0. The first-order valence-electron chi connectivity index (χ1n) is 20.7. The lowest BCUT2D eigenvalue weighted by atomic mass is 9.85. The second-order valence-electron chi connectivity index (χ2n) is 18.7. The summed E-state index contributed by atoms with van der Waals surface area (Å²) in [5, 5.41) is 22.4. The SMILES string of the molecule is C=C=C1CC1(NC(=O)[C@@H]1C[C@@H](Oc2cc(-c3csc(NC(C)C)n3)nc3c(Cl)c(OCCN(C)C)ccc23)CN1C(=O)[C@@H](NC(=O)O[C@@H]1C[C@@H]2C[C@]2(C)C1)C(C)(C)C)C(=O)O. The minimum absolute atomic E-state index is 0.00152. The molecular formula is C44H56ClN7O8S. The largest absolute Gasteiger partial charge is 0.491 e. The van der Waals surface area contributed by atoms with Gasteiger partial charge in [-0.15, -0.1) is 17.1 Å². The number of aromatic nitrogens is 2. The number of aliphatic carboxylic acids is 1. The van der Waals surface area contributed by atoms with E-state index in [9.17, 15) is 24.3 Å². The molecule has 3 aromatic rings. The number of carbonyl (C=O) groups excluding carboxylic acids is 3. The fourth-order valence-electron chi connectivity index (χ4n) is 8.50. The fourth-order valence-corrected chi connectivity index (χ4v) is 9.62. The van der Waals surface area contributed by atoms with Crippen LogP contribution in [0.25, 0.3) is 22.3 Å². The summed E-state index contributed by atoms with van der Waals surface area (Å²) in [4.78, 5) is 67.9. The molecule has 0 spiro atoms. The number of likely N-dealkylation sites (tertiary alicyclic amines) is 1. The van der Waals surface area contributed by atoms with E-state index in [0.29, 0.717) is 63.6 Å². The average Bonchev–Trinajstić information content (AvgIpc) is 3.76. The van der Waals surface area contributed by atoms with Gasteiger partial charge in [-0.3, -0.25) is 9.59 Å². The number of hydrogen-bond acceptors (Lipinski definition) is 12. The maximum absolute atomic E-state index is 14.8. The molecule has 61 heavy (non-hydrogen) atoms. The van der Waals surface area contributed by atoms with Crippen LogP contribution in [0.15, 0.2) is 41.5 Å². The number of likely N-dealkylation sites (N-methyl/N-ethyl adjacent to an activating group) is 1. The number of pyridine rings is 1. The molecular weight excluding hydrogens is 822 g/mol. The lowest BCUT2D eigenvalue weighted by Gasteiger charge is -2.35. The third-order valence-corrected chi connectivity index (χ3v) is 13.3. The van der Waals surface area contributed by atoms with Crippen LogP contribution in [-0.4, -0.2) is 118 Å². The Morgan fingerprint density at radius 2 is 1.87 bits per heavy atom. The zero-order valence-corrected chi connectivity index (χ0v) is 37.6. The van der Waals surface area contributed by atoms with Gasteiger partial charge in [-0.2, -0.15) is 0 Å². The van der Waals surface area contributed by atoms with Gasteiger partial charge in [0.1, 0.15) is 53.1 Å². The maximum Gasteiger partial charge on any atom is 0.408 e. The van der Waals surface area contributed by atoms with Crippen molar-refractivity contribution in [1.29, 1.82) is 0 Å². The number of carboxylic acids is 1. The van der Waals surface area contributed by atoms with E-state index < -0.39 is 53.0 Å². The summed E-state index contributed by atoms with van der Waals surface area (Å²) < 4.78 is 18.6. The second kappa shape index (κ2) is 16.8. The molecule has 3 aliphatic carbocycles. The minimum Gasteiger partial charge on any atom is -0.491 e. The highest BCUT2D eigenvalue weighted by Gasteiger charge is 2.60. The Morgan fingerprint density at radius 1 is 1.11 bits per heavy atom. The number of carbonyl (C=O) groups is 4. The number of halogens is 1. The van der Waals surface area contributed by atoms with Crippen LogP contribution in [0.3, 0.4) is 0 Å². The number of rotatable bonds is 15. The number of amides is 3. The topological polar surface area (TPSA) is 185 Å². The molecule has 7 rings (SSSR count). The van der Waals surface area contributed by atoms with Crippen molar-refractivity contribution < 1.29 is 38.5 Å². The lowest BCUT2D eigenvalue weighted by molar-refractivity contribution is -0.145. The Bertz CT molecular complexity index is 2290. The summed E-state index contributed by atoms with van der Waals surface area (Å²) >= 11 is 8.45. The lowest BCUT2D eigenvalue weighted by Crippen LogP contribution is -2.59. The zero-order chi connectivity index (χ0) is 44.2. The summed E-state index contributed by atoms with van der Waals surface area (Å²) in [6, 6.07) is 3.20. The van der Waals surface area contributed by atoms with Gasteiger partial charge in [0.05, 0.1) is 17.8 Å². The predicted molar refractivity (Wildman–Crippen MR) is 233 cm³/mol. The molecule has 15 nitrogen and oxygen atoms in total. The van der Waals surface area contributed by atoms with Crippen molar-refractivity contribution in [2.24, 2.45) is 16.7 Å². The first-order valence-corrected chi connectivity index (χ1v) is 22.0. The molecule has 1 aromatic carbocycles. The number of nitrogens with one attached hydrogen (secondary N) is 3. The molecule has 0 bridgehead atoms. The highest BCUT2D eigenvalue weighted by molar-refractivity contribution is 7.14. The monoisotopic (exact) mass is 877 g/mol. The molecule has 4 N–H and O–H groups in total. The van der Waals surface area contributed by atoms with E-state index in [1.165, 1.54) is 16.2 Å². The number of ether oxygens (including phenoxy) is 3. The number of fused-ring (bicyclic) bond motifs is 2. The quantitative estimate of drug-likeness (QED) is 0.122. The Kier molecular flexibility index (Phi) is 12.1. The number of thiazole rings is 1. The fraction of sp³-hybridized carbons (Fsp3) is 0.568. The molecule has 7 atom stereocenters. The maximum atomic E-state index is 14.8. The van der Waals surface area contributed by atoms with Crippen molar-refractivity contribution in [3.63, 3.8) is 0 Å². The normalized spacial score (nSPS) is 25.8. The van der Waals surface area contributed by atoms with Crippen LogP contribution in [0.5, 0.6) is 11.5 Å². The van der Waals surface area contributed by atoms with Crippen molar-refractivity contribution >= 4 is 62.8 Å². The van der Waals surface area contributed by atoms with E-state index in [-0.39, 0.29) is 42.0 Å². The average molecular weight is 878 g/mol. The number of alkyl carbamates (subject to hydrolysis) is 1. The highest BCUT2D eigenvalue weighted by Crippen LogP contribution is 2.63. The third-order valence-electron chi connectivity index (χ3n) is 12.1. The Balaban J connectivity index is 1.21. The first kappa shape index (κ1) is 44.2. The van der Waals surface area contributed by atoms with Crippen LogP contribution in [-0.2, 0) is 19.1 Å². The number of anilines is 1. The molecule has 17 heteroatoms. The van der Waals surface area contributed by atoms with E-state index in [1.54, 1.807) is 18.2 Å². The molecule has 1 unspecified atom stereocenters. The van der Waals surface area contributed by atoms with Crippen LogP contribution < -0.4 is 25.4 Å².